The van der Waals surface area contributed by atoms with Gasteiger partial charge in [0.15, 0.2) is 12.4 Å². The molecule has 1 saturated heterocycles. The molecule has 1 fully saturated rings. The van der Waals surface area contributed by atoms with Crippen LogP contribution in [0.4, 0.5) is 10.2 Å². The van der Waals surface area contributed by atoms with Crippen molar-refractivity contribution < 1.29 is 19.3 Å². The number of hydrogen-bond donors (Lipinski definition) is 3. The zero-order valence-electron chi connectivity index (χ0n) is 9.69. The number of nitrogen functional groups attached to an aromatic ring is 1. The molecule has 1 aromatic rings. The SMILES string of the molecule is Nc1ccn([C@@H]2OC(CCl)C(O)C(O)[C@H]2F)c(=O)n1. The van der Waals surface area contributed by atoms with Crippen molar-refractivity contribution in [1.82, 2.24) is 9.55 Å². The van der Waals surface area contributed by atoms with Gasteiger partial charge in [-0.2, -0.15) is 4.98 Å². The summed E-state index contributed by atoms with van der Waals surface area (Å²) in [5, 5.41) is 19.2. The van der Waals surface area contributed by atoms with Crippen molar-refractivity contribution in [3.8, 4) is 0 Å². The Balaban J connectivity index is 2.35. The molecule has 0 radical (unpaired) electrons. The molecular formula is C10H13ClFN3O4. The lowest BCUT2D eigenvalue weighted by atomic mass is 10.00. The smallest absolute Gasteiger partial charge is 0.351 e. The van der Waals surface area contributed by atoms with Crippen molar-refractivity contribution >= 4 is 17.4 Å². The summed E-state index contributed by atoms with van der Waals surface area (Å²) < 4.78 is 20.0. The number of aromatic nitrogens is 2. The van der Waals surface area contributed by atoms with Gasteiger partial charge in [0.05, 0.1) is 5.88 Å². The zero-order chi connectivity index (χ0) is 14.2. The van der Waals surface area contributed by atoms with E-state index in [4.69, 9.17) is 22.1 Å². The molecule has 1 aliphatic rings. The molecule has 4 N–H and O–H groups in total. The van der Waals surface area contributed by atoms with Gasteiger partial charge in [0.25, 0.3) is 0 Å². The lowest BCUT2D eigenvalue weighted by molar-refractivity contribution is -0.221. The topological polar surface area (TPSA) is 111 Å². The number of hydrogen-bond acceptors (Lipinski definition) is 6. The fraction of sp³-hybridized carbons (Fsp3) is 0.600. The Morgan fingerprint density at radius 2 is 2.21 bits per heavy atom. The van der Waals surface area contributed by atoms with E-state index in [2.05, 4.69) is 4.98 Å². The van der Waals surface area contributed by atoms with E-state index in [9.17, 15) is 19.4 Å². The molecule has 0 amide bonds. The van der Waals surface area contributed by atoms with Gasteiger partial charge < -0.3 is 20.7 Å². The second-order valence-electron chi connectivity index (χ2n) is 4.19. The van der Waals surface area contributed by atoms with Crippen molar-refractivity contribution in [2.24, 2.45) is 0 Å². The molecule has 106 valence electrons. The van der Waals surface area contributed by atoms with Gasteiger partial charge in [0.2, 0.25) is 0 Å². The second-order valence-corrected chi connectivity index (χ2v) is 4.50. The number of halogens is 2. The fourth-order valence-electron chi connectivity index (χ4n) is 1.88. The van der Waals surface area contributed by atoms with Gasteiger partial charge >= 0.3 is 5.69 Å². The van der Waals surface area contributed by atoms with E-state index in [-0.39, 0.29) is 11.7 Å². The van der Waals surface area contributed by atoms with Crippen LogP contribution in [0.1, 0.15) is 6.23 Å². The van der Waals surface area contributed by atoms with Crippen molar-refractivity contribution in [3.63, 3.8) is 0 Å². The van der Waals surface area contributed by atoms with E-state index in [1.165, 1.54) is 12.3 Å². The molecule has 2 rings (SSSR count). The summed E-state index contributed by atoms with van der Waals surface area (Å²) in [6.07, 6.45) is -6.34. The number of rotatable bonds is 2. The van der Waals surface area contributed by atoms with Crippen LogP contribution in [0.3, 0.4) is 0 Å². The molecule has 0 bridgehead atoms. The number of anilines is 1. The lowest BCUT2D eigenvalue weighted by Crippen LogP contribution is -2.55. The van der Waals surface area contributed by atoms with Gasteiger partial charge in [-0.3, -0.25) is 4.57 Å². The van der Waals surface area contributed by atoms with Gasteiger partial charge in [0, 0.05) is 6.20 Å². The molecule has 1 aromatic heterocycles. The van der Waals surface area contributed by atoms with Crippen LogP contribution < -0.4 is 11.4 Å². The van der Waals surface area contributed by atoms with Gasteiger partial charge in [-0.1, -0.05) is 0 Å². The highest BCUT2D eigenvalue weighted by Gasteiger charge is 2.45. The zero-order valence-corrected chi connectivity index (χ0v) is 10.4. The van der Waals surface area contributed by atoms with E-state index < -0.39 is 36.4 Å². The Kier molecular flexibility index (Phi) is 4.04. The molecule has 19 heavy (non-hydrogen) atoms. The third-order valence-corrected chi connectivity index (χ3v) is 3.23. The highest BCUT2D eigenvalue weighted by molar-refractivity contribution is 6.18. The van der Waals surface area contributed by atoms with E-state index >= 15 is 0 Å². The van der Waals surface area contributed by atoms with E-state index in [1.807, 2.05) is 0 Å². The minimum atomic E-state index is -1.99. The Bertz CT molecular complexity index is 512. The summed E-state index contributed by atoms with van der Waals surface area (Å²) in [5.74, 6) is -0.166. The molecule has 7 nitrogen and oxygen atoms in total. The largest absolute Gasteiger partial charge is 0.388 e. The number of nitrogens with two attached hydrogens (primary N) is 1. The molecular weight excluding hydrogens is 281 g/mol. The minimum Gasteiger partial charge on any atom is -0.388 e. The molecule has 0 spiro atoms. The maximum atomic E-state index is 14.0. The fourth-order valence-corrected chi connectivity index (χ4v) is 2.13. The molecule has 0 aliphatic carbocycles. The molecule has 9 heteroatoms. The van der Waals surface area contributed by atoms with Gasteiger partial charge in [-0.25, -0.2) is 9.18 Å². The van der Waals surface area contributed by atoms with E-state index in [1.54, 1.807) is 0 Å². The number of aliphatic hydroxyl groups excluding tert-OH is 2. The maximum absolute atomic E-state index is 14.0. The van der Waals surface area contributed by atoms with Crippen LogP contribution in [0.15, 0.2) is 17.1 Å². The Morgan fingerprint density at radius 1 is 1.53 bits per heavy atom. The van der Waals surface area contributed by atoms with Crippen molar-refractivity contribution in [1.29, 1.82) is 0 Å². The summed E-state index contributed by atoms with van der Waals surface area (Å²) in [6, 6.07) is 1.30. The number of ether oxygens (including phenoxy) is 1. The first-order valence-electron chi connectivity index (χ1n) is 5.52. The quantitative estimate of drug-likeness (QED) is 0.605. The number of aliphatic hydroxyl groups is 2. The van der Waals surface area contributed by atoms with Crippen LogP contribution in [-0.2, 0) is 4.74 Å². The summed E-state index contributed by atoms with van der Waals surface area (Å²) in [4.78, 5) is 15.1. The van der Waals surface area contributed by atoms with Gasteiger partial charge in [0.1, 0.15) is 24.1 Å². The van der Waals surface area contributed by atoms with E-state index in [0.29, 0.717) is 0 Å². The van der Waals surface area contributed by atoms with Crippen molar-refractivity contribution in [2.75, 3.05) is 11.6 Å². The first kappa shape index (κ1) is 14.2. The Hall–Kier alpha value is -1.22. The average Bonchev–Trinajstić information content (AvgIpc) is 2.38. The average molecular weight is 294 g/mol. The molecule has 5 atom stereocenters. The summed E-state index contributed by atoms with van der Waals surface area (Å²) in [6.45, 7) is 0. The van der Waals surface area contributed by atoms with Crippen LogP contribution in [0.5, 0.6) is 0 Å². The van der Waals surface area contributed by atoms with Crippen LogP contribution in [-0.4, -0.2) is 50.1 Å². The van der Waals surface area contributed by atoms with Crippen LogP contribution >= 0.6 is 11.6 Å². The summed E-state index contributed by atoms with van der Waals surface area (Å²) in [7, 11) is 0. The molecule has 0 aromatic carbocycles. The summed E-state index contributed by atoms with van der Waals surface area (Å²) >= 11 is 5.56. The van der Waals surface area contributed by atoms with Crippen LogP contribution in [0, 0.1) is 0 Å². The standard InChI is InChI=1S/C10H13ClFN3O4/c11-3-4-7(16)8(17)6(12)9(19-4)15-2-1-5(13)14-10(15)18/h1-2,4,6-9,16-17H,3H2,(H2,13,14,18)/t4?,6-,7?,8?,9-/m1/s1. The minimum absolute atomic E-state index is 0.0121. The third kappa shape index (κ3) is 2.57. The Labute approximate surface area is 112 Å². The predicted octanol–water partition coefficient (Wildman–Crippen LogP) is -0.978. The van der Waals surface area contributed by atoms with Crippen LogP contribution in [0.2, 0.25) is 0 Å². The number of alkyl halides is 2. The Morgan fingerprint density at radius 3 is 2.79 bits per heavy atom. The molecule has 0 saturated carbocycles. The van der Waals surface area contributed by atoms with Gasteiger partial charge in [-0.15, -0.1) is 11.6 Å². The second kappa shape index (κ2) is 5.41. The number of nitrogens with zero attached hydrogens (tertiary/aromatic N) is 2. The maximum Gasteiger partial charge on any atom is 0.351 e. The highest BCUT2D eigenvalue weighted by Crippen LogP contribution is 2.30. The summed E-state index contributed by atoms with van der Waals surface area (Å²) in [5.41, 5.74) is 4.51. The molecule has 3 unspecified atom stereocenters. The monoisotopic (exact) mass is 293 g/mol. The molecule has 1 aliphatic heterocycles. The third-order valence-electron chi connectivity index (χ3n) is 2.92. The highest BCUT2D eigenvalue weighted by atomic mass is 35.5. The van der Waals surface area contributed by atoms with E-state index in [0.717, 1.165) is 4.57 Å². The molecule has 2 heterocycles. The first-order valence-corrected chi connectivity index (χ1v) is 6.05. The van der Waals surface area contributed by atoms with Crippen LogP contribution in [0.25, 0.3) is 0 Å². The first-order chi connectivity index (χ1) is 8.95. The van der Waals surface area contributed by atoms with Gasteiger partial charge in [-0.05, 0) is 6.07 Å². The lowest BCUT2D eigenvalue weighted by Gasteiger charge is -2.39. The normalized spacial score (nSPS) is 35.3. The predicted molar refractivity (Wildman–Crippen MR) is 64.4 cm³/mol. The van der Waals surface area contributed by atoms with Crippen molar-refractivity contribution in [2.45, 2.75) is 30.7 Å². The van der Waals surface area contributed by atoms with Crippen molar-refractivity contribution in [3.05, 3.63) is 22.7 Å².